The van der Waals surface area contributed by atoms with Gasteiger partial charge in [-0.2, -0.15) is 0 Å². The van der Waals surface area contributed by atoms with E-state index in [2.05, 4.69) is 20.3 Å². The Morgan fingerprint density at radius 2 is 2.11 bits per heavy atom. The van der Waals surface area contributed by atoms with Crippen LogP contribution < -0.4 is 5.32 Å². The molecule has 3 aromatic rings. The molecule has 2 aromatic heterocycles. The SMILES string of the molecule is Cc1csc(Nc2nc(=S)[nH]c3ccccc23)n1. The molecule has 2 N–H and O–H groups in total. The number of nitrogens with one attached hydrogen (secondary N) is 2. The molecular formula is C12H10N4S2. The van der Waals surface area contributed by atoms with Gasteiger partial charge in [-0.05, 0) is 31.3 Å². The molecule has 0 fully saturated rings. The monoisotopic (exact) mass is 274 g/mol. The highest BCUT2D eigenvalue weighted by atomic mass is 32.1. The van der Waals surface area contributed by atoms with Gasteiger partial charge >= 0.3 is 0 Å². The van der Waals surface area contributed by atoms with Crippen LogP contribution in [-0.4, -0.2) is 15.0 Å². The summed E-state index contributed by atoms with van der Waals surface area (Å²) in [6.07, 6.45) is 0. The summed E-state index contributed by atoms with van der Waals surface area (Å²) in [5.41, 5.74) is 1.96. The Kier molecular flexibility index (Phi) is 2.81. The van der Waals surface area contributed by atoms with E-state index >= 15 is 0 Å². The number of hydrogen-bond acceptors (Lipinski definition) is 5. The molecule has 0 aliphatic rings. The number of para-hydroxylation sites is 1. The van der Waals surface area contributed by atoms with Crippen LogP contribution in [0.1, 0.15) is 5.69 Å². The van der Waals surface area contributed by atoms with Crippen molar-refractivity contribution in [3.8, 4) is 0 Å². The van der Waals surface area contributed by atoms with Crippen LogP contribution in [0, 0.1) is 11.7 Å². The summed E-state index contributed by atoms with van der Waals surface area (Å²) in [6.45, 7) is 1.96. The minimum atomic E-state index is 0.462. The normalized spacial score (nSPS) is 10.7. The molecule has 0 saturated carbocycles. The van der Waals surface area contributed by atoms with Crippen LogP contribution in [0.5, 0.6) is 0 Å². The van der Waals surface area contributed by atoms with Gasteiger partial charge in [0.05, 0.1) is 11.2 Å². The lowest BCUT2D eigenvalue weighted by Gasteiger charge is -2.05. The number of nitrogens with zero attached hydrogens (tertiary/aromatic N) is 2. The van der Waals surface area contributed by atoms with Gasteiger partial charge < -0.3 is 10.3 Å². The van der Waals surface area contributed by atoms with Crippen LogP contribution >= 0.6 is 23.6 Å². The van der Waals surface area contributed by atoms with Crippen molar-refractivity contribution in [1.82, 2.24) is 15.0 Å². The van der Waals surface area contributed by atoms with E-state index in [0.717, 1.165) is 27.5 Å². The lowest BCUT2D eigenvalue weighted by atomic mass is 10.2. The number of H-pyrrole nitrogens is 1. The summed E-state index contributed by atoms with van der Waals surface area (Å²) in [6, 6.07) is 7.91. The molecule has 0 atom stereocenters. The molecule has 0 radical (unpaired) electrons. The summed E-state index contributed by atoms with van der Waals surface area (Å²) in [4.78, 5) is 11.8. The maximum atomic E-state index is 5.12. The van der Waals surface area contributed by atoms with Gasteiger partial charge in [0.15, 0.2) is 9.90 Å². The number of anilines is 2. The Morgan fingerprint density at radius 3 is 2.89 bits per heavy atom. The van der Waals surface area contributed by atoms with E-state index < -0.39 is 0 Å². The number of aromatic amines is 1. The lowest BCUT2D eigenvalue weighted by Crippen LogP contribution is -1.96. The highest BCUT2D eigenvalue weighted by Crippen LogP contribution is 2.24. The molecule has 0 saturated heterocycles. The largest absolute Gasteiger partial charge is 0.330 e. The number of aromatic nitrogens is 3. The van der Waals surface area contributed by atoms with E-state index in [9.17, 15) is 0 Å². The summed E-state index contributed by atoms with van der Waals surface area (Å²) < 4.78 is 0.462. The van der Waals surface area contributed by atoms with Crippen molar-refractivity contribution in [1.29, 1.82) is 0 Å². The van der Waals surface area contributed by atoms with Gasteiger partial charge in [-0.25, -0.2) is 9.97 Å². The third-order valence-electron chi connectivity index (χ3n) is 2.48. The molecule has 2 heterocycles. The van der Waals surface area contributed by atoms with Crippen LogP contribution in [0.2, 0.25) is 0 Å². The Morgan fingerprint density at radius 1 is 1.28 bits per heavy atom. The molecule has 4 nitrogen and oxygen atoms in total. The Balaban J connectivity index is 2.13. The van der Waals surface area contributed by atoms with Gasteiger partial charge in [0.1, 0.15) is 5.82 Å². The summed E-state index contributed by atoms with van der Waals surface area (Å²) in [5.74, 6) is 0.740. The van der Waals surface area contributed by atoms with Gasteiger partial charge in [-0.3, -0.25) is 0 Å². The van der Waals surface area contributed by atoms with Crippen molar-refractivity contribution in [3.05, 3.63) is 40.1 Å². The Hall–Kier alpha value is -1.79. The summed E-state index contributed by atoms with van der Waals surface area (Å²) in [7, 11) is 0. The molecule has 1 aromatic carbocycles. The molecule has 0 spiro atoms. The van der Waals surface area contributed by atoms with E-state index in [1.54, 1.807) is 11.3 Å². The van der Waals surface area contributed by atoms with Gasteiger partial charge in [-0.15, -0.1) is 11.3 Å². The zero-order valence-electron chi connectivity index (χ0n) is 9.60. The highest BCUT2D eigenvalue weighted by molar-refractivity contribution is 7.71. The predicted molar refractivity (Wildman–Crippen MR) is 77.1 cm³/mol. The molecule has 0 aliphatic heterocycles. The third kappa shape index (κ3) is 2.12. The molecule has 90 valence electrons. The number of hydrogen-bond donors (Lipinski definition) is 2. The summed E-state index contributed by atoms with van der Waals surface area (Å²) >= 11 is 6.68. The molecule has 0 amide bonds. The Bertz CT molecular complexity index is 760. The van der Waals surface area contributed by atoms with E-state index in [4.69, 9.17) is 12.2 Å². The second-order valence-corrected chi connectivity index (χ2v) is 5.10. The first-order valence-electron chi connectivity index (χ1n) is 5.40. The van der Waals surface area contributed by atoms with Gasteiger partial charge in [0.2, 0.25) is 0 Å². The van der Waals surface area contributed by atoms with Crippen LogP contribution in [0.25, 0.3) is 10.9 Å². The number of benzene rings is 1. The van der Waals surface area contributed by atoms with E-state index in [-0.39, 0.29) is 0 Å². The average Bonchev–Trinajstić information content (AvgIpc) is 2.74. The maximum absolute atomic E-state index is 5.12. The van der Waals surface area contributed by atoms with E-state index in [1.165, 1.54) is 0 Å². The van der Waals surface area contributed by atoms with E-state index in [1.807, 2.05) is 36.6 Å². The highest BCUT2D eigenvalue weighted by Gasteiger charge is 2.05. The zero-order valence-corrected chi connectivity index (χ0v) is 11.2. The fourth-order valence-corrected chi connectivity index (χ4v) is 2.60. The fourth-order valence-electron chi connectivity index (χ4n) is 1.71. The van der Waals surface area contributed by atoms with Gasteiger partial charge in [0.25, 0.3) is 0 Å². The van der Waals surface area contributed by atoms with Crippen molar-refractivity contribution < 1.29 is 0 Å². The van der Waals surface area contributed by atoms with Crippen LogP contribution in [0.3, 0.4) is 0 Å². The first-order valence-corrected chi connectivity index (χ1v) is 6.69. The fraction of sp³-hybridized carbons (Fsp3) is 0.0833. The molecular weight excluding hydrogens is 264 g/mol. The van der Waals surface area contributed by atoms with Crippen molar-refractivity contribution in [3.63, 3.8) is 0 Å². The second-order valence-electron chi connectivity index (χ2n) is 3.86. The topological polar surface area (TPSA) is 53.6 Å². The molecule has 3 rings (SSSR count). The second kappa shape index (κ2) is 4.47. The average molecular weight is 274 g/mol. The molecule has 0 unspecified atom stereocenters. The minimum Gasteiger partial charge on any atom is -0.330 e. The smallest absolute Gasteiger partial charge is 0.199 e. The van der Waals surface area contributed by atoms with Crippen molar-refractivity contribution in [2.45, 2.75) is 6.92 Å². The van der Waals surface area contributed by atoms with Crippen LogP contribution in [0.4, 0.5) is 10.9 Å². The van der Waals surface area contributed by atoms with Gasteiger partial charge in [-0.1, -0.05) is 12.1 Å². The van der Waals surface area contributed by atoms with Crippen LogP contribution in [-0.2, 0) is 0 Å². The molecule has 6 heteroatoms. The third-order valence-corrected chi connectivity index (χ3v) is 3.55. The first kappa shape index (κ1) is 11.3. The van der Waals surface area contributed by atoms with Gasteiger partial charge in [0, 0.05) is 10.8 Å². The molecule has 0 bridgehead atoms. The predicted octanol–water partition coefficient (Wildman–Crippen LogP) is 3.80. The maximum Gasteiger partial charge on any atom is 0.199 e. The summed E-state index contributed by atoms with van der Waals surface area (Å²) in [5, 5.41) is 7.04. The standard InChI is InChI=1S/C12H10N4S2/c1-7-6-18-12(13-7)16-10-8-4-2-3-5-9(8)14-11(17)15-10/h2-6H,1H3,(H2,13,14,15,16,17). The van der Waals surface area contributed by atoms with Crippen LogP contribution in [0.15, 0.2) is 29.6 Å². The first-order chi connectivity index (χ1) is 8.72. The van der Waals surface area contributed by atoms with E-state index in [0.29, 0.717) is 4.77 Å². The number of rotatable bonds is 2. The lowest BCUT2D eigenvalue weighted by molar-refractivity contribution is 1.17. The Labute approximate surface area is 113 Å². The minimum absolute atomic E-state index is 0.462. The quantitative estimate of drug-likeness (QED) is 0.698. The molecule has 0 aliphatic carbocycles. The molecule has 18 heavy (non-hydrogen) atoms. The zero-order chi connectivity index (χ0) is 12.5. The van der Waals surface area contributed by atoms with Crippen molar-refractivity contribution >= 4 is 45.4 Å². The van der Waals surface area contributed by atoms with Crippen molar-refractivity contribution in [2.75, 3.05) is 5.32 Å². The number of thiazole rings is 1. The van der Waals surface area contributed by atoms with Crippen molar-refractivity contribution in [2.24, 2.45) is 0 Å². The number of aryl methyl sites for hydroxylation is 1. The number of fused-ring (bicyclic) bond motifs is 1.